The number of benzene rings is 1. The molecular weight excluding hydrogens is 253 g/mol. The summed E-state index contributed by atoms with van der Waals surface area (Å²) >= 11 is 0. The second-order valence-electron chi connectivity index (χ2n) is 5.25. The van der Waals surface area contributed by atoms with Gasteiger partial charge in [0.2, 0.25) is 0 Å². The second kappa shape index (κ2) is 4.49. The number of hydrogen-bond acceptors (Lipinski definition) is 2. The summed E-state index contributed by atoms with van der Waals surface area (Å²) in [7, 11) is 0. The number of rotatable bonds is 1. The minimum atomic E-state index is -4.25. The number of alkyl halides is 3. The lowest BCUT2D eigenvalue weighted by atomic mass is 9.95. The molecule has 1 N–H and O–H groups in total. The zero-order valence-corrected chi connectivity index (χ0v) is 10.8. The molecule has 2 heterocycles. The molecule has 104 valence electrons. The molecule has 0 spiro atoms. The van der Waals surface area contributed by atoms with Crippen LogP contribution in [0.5, 0.6) is 0 Å². The molecule has 1 atom stereocenters. The van der Waals surface area contributed by atoms with Gasteiger partial charge in [0.05, 0.1) is 5.56 Å². The maximum Gasteiger partial charge on any atom is 0.416 e. The highest BCUT2D eigenvalue weighted by Crippen LogP contribution is 2.42. The van der Waals surface area contributed by atoms with Crippen molar-refractivity contribution in [3.05, 3.63) is 34.4 Å². The van der Waals surface area contributed by atoms with E-state index in [1.165, 1.54) is 6.07 Å². The van der Waals surface area contributed by atoms with E-state index in [2.05, 4.69) is 10.2 Å². The van der Waals surface area contributed by atoms with Gasteiger partial charge in [-0.3, -0.25) is 4.90 Å². The number of aryl methyl sites for hydroxylation is 1. The Morgan fingerprint density at radius 3 is 2.84 bits per heavy atom. The van der Waals surface area contributed by atoms with Crippen LogP contribution in [0.1, 0.15) is 35.2 Å². The summed E-state index contributed by atoms with van der Waals surface area (Å²) < 4.78 is 39.6. The van der Waals surface area contributed by atoms with Crippen molar-refractivity contribution in [3.8, 4) is 0 Å². The van der Waals surface area contributed by atoms with Gasteiger partial charge in [0.25, 0.3) is 0 Å². The Morgan fingerprint density at radius 2 is 2.16 bits per heavy atom. The van der Waals surface area contributed by atoms with Gasteiger partial charge in [-0.05, 0) is 29.2 Å². The van der Waals surface area contributed by atoms with Gasteiger partial charge in [0.1, 0.15) is 0 Å². The van der Waals surface area contributed by atoms with Crippen LogP contribution in [0.2, 0.25) is 0 Å². The smallest absolute Gasteiger partial charge is 0.314 e. The van der Waals surface area contributed by atoms with Crippen LogP contribution in [0.3, 0.4) is 0 Å². The van der Waals surface area contributed by atoms with Gasteiger partial charge >= 0.3 is 6.18 Å². The third kappa shape index (κ3) is 2.15. The Kier molecular flexibility index (Phi) is 3.06. The molecule has 19 heavy (non-hydrogen) atoms. The van der Waals surface area contributed by atoms with Gasteiger partial charge in [0, 0.05) is 32.2 Å². The van der Waals surface area contributed by atoms with Gasteiger partial charge in [0.15, 0.2) is 0 Å². The van der Waals surface area contributed by atoms with Crippen LogP contribution >= 0.6 is 0 Å². The van der Waals surface area contributed by atoms with Crippen LogP contribution in [-0.2, 0) is 19.1 Å². The molecule has 2 aliphatic rings. The monoisotopic (exact) mass is 270 g/mol. The Balaban J connectivity index is 2.12. The van der Waals surface area contributed by atoms with E-state index in [4.69, 9.17) is 0 Å². The summed E-state index contributed by atoms with van der Waals surface area (Å²) in [4.78, 5) is 2.15. The third-order valence-electron chi connectivity index (χ3n) is 4.13. The molecule has 1 aromatic carbocycles. The third-order valence-corrected chi connectivity index (χ3v) is 4.13. The number of nitrogens with zero attached hydrogens (tertiary/aromatic N) is 1. The largest absolute Gasteiger partial charge is 0.416 e. The Labute approximate surface area is 110 Å². The maximum atomic E-state index is 13.2. The number of fused-ring (bicyclic) bond motifs is 3. The zero-order valence-electron chi connectivity index (χ0n) is 10.8. The molecule has 0 bridgehead atoms. The van der Waals surface area contributed by atoms with Gasteiger partial charge in [-0.2, -0.15) is 13.2 Å². The van der Waals surface area contributed by atoms with Crippen LogP contribution in [-0.4, -0.2) is 24.5 Å². The standard InChI is InChI=1S/C14H17F3N2/c1-2-9-5-10-11(12(6-9)14(15,16)17)8-19-4-3-18-7-13(10)19/h5-6,13,18H,2-4,7-8H2,1H3. The van der Waals surface area contributed by atoms with E-state index in [1.54, 1.807) is 0 Å². The molecule has 3 rings (SSSR count). The molecule has 1 saturated heterocycles. The van der Waals surface area contributed by atoms with Crippen LogP contribution in [0, 0.1) is 0 Å². The first kappa shape index (κ1) is 12.9. The summed E-state index contributed by atoms with van der Waals surface area (Å²) in [6.45, 7) is 4.75. The van der Waals surface area contributed by atoms with Crippen LogP contribution in [0.25, 0.3) is 0 Å². The van der Waals surface area contributed by atoms with Gasteiger partial charge in [-0.25, -0.2) is 0 Å². The first-order valence-electron chi connectivity index (χ1n) is 6.68. The highest BCUT2D eigenvalue weighted by Gasteiger charge is 2.40. The van der Waals surface area contributed by atoms with Crippen molar-refractivity contribution in [3.63, 3.8) is 0 Å². The normalized spacial score (nSPS) is 23.3. The van der Waals surface area contributed by atoms with Crippen molar-refractivity contribution in [1.82, 2.24) is 10.2 Å². The molecule has 1 aromatic rings. The molecule has 0 aromatic heterocycles. The molecule has 0 saturated carbocycles. The van der Waals surface area contributed by atoms with Gasteiger partial charge in [-0.15, -0.1) is 0 Å². The molecule has 0 aliphatic carbocycles. The fourth-order valence-electron chi connectivity index (χ4n) is 3.13. The van der Waals surface area contributed by atoms with E-state index in [0.717, 1.165) is 30.8 Å². The van der Waals surface area contributed by atoms with Crippen molar-refractivity contribution in [1.29, 1.82) is 0 Å². The zero-order chi connectivity index (χ0) is 13.6. The molecule has 1 fully saturated rings. The molecule has 0 amide bonds. The average Bonchev–Trinajstić information content (AvgIpc) is 2.74. The Bertz CT molecular complexity index is 496. The van der Waals surface area contributed by atoms with Crippen LogP contribution in [0.4, 0.5) is 13.2 Å². The summed E-state index contributed by atoms with van der Waals surface area (Å²) in [5.74, 6) is 0. The first-order chi connectivity index (χ1) is 9.00. The summed E-state index contributed by atoms with van der Waals surface area (Å²) in [6.07, 6.45) is -3.62. The van der Waals surface area contributed by atoms with Crippen molar-refractivity contribution in [2.75, 3.05) is 19.6 Å². The predicted molar refractivity (Wildman–Crippen MR) is 66.8 cm³/mol. The predicted octanol–water partition coefficient (Wildman–Crippen LogP) is 2.73. The van der Waals surface area contributed by atoms with Crippen LogP contribution in [0.15, 0.2) is 12.1 Å². The van der Waals surface area contributed by atoms with E-state index in [9.17, 15) is 13.2 Å². The Morgan fingerprint density at radius 1 is 1.37 bits per heavy atom. The fourth-order valence-corrected chi connectivity index (χ4v) is 3.13. The molecular formula is C14H17F3N2. The van der Waals surface area contributed by atoms with Gasteiger partial charge in [-0.1, -0.05) is 13.0 Å². The molecule has 2 aliphatic heterocycles. The number of nitrogens with one attached hydrogen (secondary N) is 1. The number of hydrogen-bond donors (Lipinski definition) is 1. The van der Waals surface area contributed by atoms with E-state index in [-0.39, 0.29) is 6.04 Å². The van der Waals surface area contributed by atoms with Crippen molar-refractivity contribution < 1.29 is 13.2 Å². The van der Waals surface area contributed by atoms with Crippen molar-refractivity contribution in [2.45, 2.75) is 32.1 Å². The average molecular weight is 270 g/mol. The van der Waals surface area contributed by atoms with Crippen LogP contribution < -0.4 is 5.32 Å². The maximum absolute atomic E-state index is 13.2. The Hall–Kier alpha value is -1.07. The molecule has 2 nitrogen and oxygen atoms in total. The quantitative estimate of drug-likeness (QED) is 0.844. The molecule has 1 unspecified atom stereocenters. The number of piperazine rings is 1. The summed E-state index contributed by atoms with van der Waals surface area (Å²) in [5.41, 5.74) is 1.70. The van der Waals surface area contributed by atoms with E-state index >= 15 is 0 Å². The summed E-state index contributed by atoms with van der Waals surface area (Å²) in [6, 6.07) is 3.39. The molecule has 0 radical (unpaired) electrons. The minimum absolute atomic E-state index is 0.108. The lowest BCUT2D eigenvalue weighted by molar-refractivity contribution is -0.138. The first-order valence-corrected chi connectivity index (χ1v) is 6.68. The highest BCUT2D eigenvalue weighted by atomic mass is 19.4. The van der Waals surface area contributed by atoms with Crippen molar-refractivity contribution in [2.24, 2.45) is 0 Å². The van der Waals surface area contributed by atoms with E-state index < -0.39 is 11.7 Å². The van der Waals surface area contributed by atoms with E-state index in [1.807, 2.05) is 13.0 Å². The second-order valence-corrected chi connectivity index (χ2v) is 5.25. The highest BCUT2D eigenvalue weighted by molar-refractivity contribution is 5.45. The summed E-state index contributed by atoms with van der Waals surface area (Å²) in [5, 5.41) is 3.27. The lowest BCUT2D eigenvalue weighted by Crippen LogP contribution is -2.42. The fraction of sp³-hybridized carbons (Fsp3) is 0.571. The lowest BCUT2D eigenvalue weighted by Gasteiger charge is -2.30. The van der Waals surface area contributed by atoms with Gasteiger partial charge < -0.3 is 5.32 Å². The van der Waals surface area contributed by atoms with Crippen molar-refractivity contribution >= 4 is 0 Å². The SMILES string of the molecule is CCc1cc2c(c(C(F)(F)F)c1)CN1CCNCC21. The minimum Gasteiger partial charge on any atom is -0.314 e. The molecule has 5 heteroatoms. The topological polar surface area (TPSA) is 15.3 Å². The number of halogens is 3. The van der Waals surface area contributed by atoms with E-state index in [0.29, 0.717) is 18.5 Å².